The van der Waals surface area contributed by atoms with Crippen LogP contribution in [0.25, 0.3) is 10.8 Å². The topological polar surface area (TPSA) is 105 Å². The number of rotatable bonds is 4. The zero-order valence-electron chi connectivity index (χ0n) is 14.4. The first kappa shape index (κ1) is 17.8. The molecule has 144 valence electrons. The minimum absolute atomic E-state index is 0.0739. The summed E-state index contributed by atoms with van der Waals surface area (Å²) < 4.78 is 52.3. The van der Waals surface area contributed by atoms with Crippen molar-refractivity contribution in [3.05, 3.63) is 30.1 Å². The van der Waals surface area contributed by atoms with Crippen molar-refractivity contribution in [1.29, 1.82) is 0 Å². The van der Waals surface area contributed by atoms with Gasteiger partial charge in [-0.2, -0.15) is 8.42 Å². The Morgan fingerprint density at radius 2 is 2.11 bits per heavy atom. The van der Waals surface area contributed by atoms with Crippen molar-refractivity contribution >= 4 is 32.6 Å². The SMILES string of the molecule is CC1(COc2ccc3cc(O)c(N4CC(=O)NS4(=O)=O)c(F)c3c2)COC1. The number of aromatic hydroxyl groups is 1. The molecule has 2 aromatic carbocycles. The van der Waals surface area contributed by atoms with Crippen molar-refractivity contribution in [2.45, 2.75) is 6.92 Å². The molecule has 0 radical (unpaired) electrons. The van der Waals surface area contributed by atoms with E-state index in [9.17, 15) is 18.3 Å². The molecule has 0 saturated carbocycles. The number of carbonyl (C=O) groups excluding carboxylic acids is 1. The number of fused-ring (bicyclic) bond motifs is 1. The van der Waals surface area contributed by atoms with E-state index in [0.29, 0.717) is 35.3 Å². The van der Waals surface area contributed by atoms with Crippen LogP contribution < -0.4 is 13.8 Å². The molecule has 0 atom stereocenters. The fourth-order valence-electron chi connectivity index (χ4n) is 3.07. The Morgan fingerprint density at radius 1 is 1.37 bits per heavy atom. The number of amides is 1. The van der Waals surface area contributed by atoms with Crippen molar-refractivity contribution in [2.24, 2.45) is 5.41 Å². The highest BCUT2D eigenvalue weighted by atomic mass is 32.2. The van der Waals surface area contributed by atoms with E-state index in [-0.39, 0.29) is 10.8 Å². The van der Waals surface area contributed by atoms with Crippen LogP contribution in [0.4, 0.5) is 10.1 Å². The van der Waals surface area contributed by atoms with Crippen molar-refractivity contribution in [1.82, 2.24) is 4.72 Å². The van der Waals surface area contributed by atoms with Gasteiger partial charge in [0.15, 0.2) is 5.82 Å². The maximum Gasteiger partial charge on any atom is 0.326 e. The quantitative estimate of drug-likeness (QED) is 0.807. The average Bonchev–Trinajstić information content (AvgIpc) is 2.84. The summed E-state index contributed by atoms with van der Waals surface area (Å²) in [5.41, 5.74) is -0.666. The number of nitrogens with one attached hydrogen (secondary N) is 1. The van der Waals surface area contributed by atoms with Gasteiger partial charge in [0.2, 0.25) is 0 Å². The van der Waals surface area contributed by atoms with Crippen LogP contribution in [0.1, 0.15) is 6.92 Å². The highest BCUT2D eigenvalue weighted by Crippen LogP contribution is 2.39. The monoisotopic (exact) mass is 396 g/mol. The van der Waals surface area contributed by atoms with E-state index in [1.165, 1.54) is 12.1 Å². The molecule has 2 aliphatic rings. The summed E-state index contributed by atoms with van der Waals surface area (Å²) in [4.78, 5) is 11.4. The third-order valence-corrected chi connectivity index (χ3v) is 5.94. The lowest BCUT2D eigenvalue weighted by Gasteiger charge is -2.37. The van der Waals surface area contributed by atoms with Crippen LogP contribution in [0.5, 0.6) is 11.5 Å². The molecule has 2 N–H and O–H groups in total. The van der Waals surface area contributed by atoms with E-state index in [0.717, 1.165) is 0 Å². The lowest BCUT2D eigenvalue weighted by atomic mass is 9.90. The number of nitrogens with zero attached hydrogens (tertiary/aromatic N) is 1. The molecule has 2 aliphatic heterocycles. The molecule has 2 fully saturated rings. The molecule has 0 bridgehead atoms. The highest BCUT2D eigenvalue weighted by Gasteiger charge is 2.38. The fourth-order valence-corrected chi connectivity index (χ4v) is 4.24. The van der Waals surface area contributed by atoms with Crippen molar-refractivity contribution in [3.63, 3.8) is 0 Å². The summed E-state index contributed by atoms with van der Waals surface area (Å²) >= 11 is 0. The largest absolute Gasteiger partial charge is 0.506 e. The number of anilines is 1. The van der Waals surface area contributed by atoms with E-state index in [1.807, 2.05) is 6.92 Å². The molecule has 0 spiro atoms. The molecule has 2 heterocycles. The Labute approximate surface area is 154 Å². The van der Waals surface area contributed by atoms with Gasteiger partial charge < -0.3 is 14.6 Å². The molecule has 2 saturated heterocycles. The third-order valence-electron chi connectivity index (χ3n) is 4.56. The number of phenols is 1. The smallest absolute Gasteiger partial charge is 0.326 e. The van der Waals surface area contributed by atoms with Gasteiger partial charge in [-0.05, 0) is 23.6 Å². The first-order valence-corrected chi connectivity index (χ1v) is 9.62. The average molecular weight is 396 g/mol. The fraction of sp³-hybridized carbons (Fsp3) is 0.353. The minimum atomic E-state index is -4.25. The second-order valence-electron chi connectivity index (χ2n) is 7.07. The summed E-state index contributed by atoms with van der Waals surface area (Å²) in [5, 5.41) is 10.6. The predicted octanol–water partition coefficient (Wildman–Crippen LogP) is 1.28. The highest BCUT2D eigenvalue weighted by molar-refractivity contribution is 7.92. The van der Waals surface area contributed by atoms with E-state index >= 15 is 4.39 Å². The van der Waals surface area contributed by atoms with Crippen LogP contribution in [-0.4, -0.2) is 45.8 Å². The van der Waals surface area contributed by atoms with Gasteiger partial charge >= 0.3 is 10.2 Å². The minimum Gasteiger partial charge on any atom is -0.506 e. The number of benzene rings is 2. The number of hydrogen-bond acceptors (Lipinski definition) is 6. The molecule has 0 aliphatic carbocycles. The van der Waals surface area contributed by atoms with Gasteiger partial charge in [-0.25, -0.2) is 13.4 Å². The summed E-state index contributed by atoms with van der Waals surface area (Å²) in [6, 6.07) is 5.89. The molecular weight excluding hydrogens is 379 g/mol. The molecule has 10 heteroatoms. The van der Waals surface area contributed by atoms with Crippen molar-refractivity contribution < 1.29 is 32.2 Å². The van der Waals surface area contributed by atoms with Crippen LogP contribution in [0.2, 0.25) is 0 Å². The molecule has 4 rings (SSSR count). The van der Waals surface area contributed by atoms with E-state index in [2.05, 4.69) is 0 Å². The van der Waals surface area contributed by atoms with Crippen LogP contribution in [0, 0.1) is 11.2 Å². The van der Waals surface area contributed by atoms with E-state index in [4.69, 9.17) is 9.47 Å². The first-order valence-electron chi connectivity index (χ1n) is 8.18. The van der Waals surface area contributed by atoms with E-state index < -0.39 is 39.9 Å². The molecule has 0 aromatic heterocycles. The molecule has 27 heavy (non-hydrogen) atoms. The predicted molar refractivity (Wildman–Crippen MR) is 94.4 cm³/mol. The summed E-state index contributed by atoms with van der Waals surface area (Å²) in [6.45, 7) is 2.97. The summed E-state index contributed by atoms with van der Waals surface area (Å²) in [6.07, 6.45) is 0. The van der Waals surface area contributed by atoms with Crippen LogP contribution in [-0.2, 0) is 19.7 Å². The molecule has 1 amide bonds. The Morgan fingerprint density at radius 3 is 2.70 bits per heavy atom. The van der Waals surface area contributed by atoms with Gasteiger partial charge in [-0.15, -0.1) is 0 Å². The first-order chi connectivity index (χ1) is 12.7. The Bertz CT molecular complexity index is 1050. The Balaban J connectivity index is 1.74. The van der Waals surface area contributed by atoms with Gasteiger partial charge in [0.25, 0.3) is 5.91 Å². The number of halogens is 1. The lowest BCUT2D eigenvalue weighted by Crippen LogP contribution is -2.44. The molecular formula is C17H17FN2O6S. The maximum absolute atomic E-state index is 15.1. The van der Waals surface area contributed by atoms with Crippen molar-refractivity contribution in [2.75, 3.05) is 30.7 Å². The number of carbonyl (C=O) groups is 1. The van der Waals surface area contributed by atoms with Crippen LogP contribution in [0.15, 0.2) is 24.3 Å². The summed E-state index contributed by atoms with van der Waals surface area (Å²) in [5.74, 6) is -1.92. The molecule has 2 aromatic rings. The zero-order chi connectivity index (χ0) is 19.4. The number of phenolic OH excluding ortho intramolecular Hbond substituents is 1. The van der Waals surface area contributed by atoms with Gasteiger partial charge in [-0.1, -0.05) is 13.0 Å². The molecule has 0 unspecified atom stereocenters. The van der Waals surface area contributed by atoms with Crippen molar-refractivity contribution in [3.8, 4) is 11.5 Å². The normalized spacial score (nSPS) is 20.4. The number of ether oxygens (including phenoxy) is 2. The second kappa shape index (κ2) is 5.96. The zero-order valence-corrected chi connectivity index (χ0v) is 15.2. The Kier molecular flexibility index (Phi) is 3.93. The second-order valence-corrected chi connectivity index (χ2v) is 8.67. The van der Waals surface area contributed by atoms with Gasteiger partial charge in [0.1, 0.15) is 23.7 Å². The lowest BCUT2D eigenvalue weighted by molar-refractivity contribution is -0.120. The molecule has 8 nitrogen and oxygen atoms in total. The third kappa shape index (κ3) is 3.04. The van der Waals surface area contributed by atoms with Gasteiger partial charge in [0.05, 0.1) is 19.8 Å². The van der Waals surface area contributed by atoms with Crippen LogP contribution >= 0.6 is 0 Å². The van der Waals surface area contributed by atoms with Gasteiger partial charge in [-0.3, -0.25) is 4.79 Å². The standard InChI is InChI=1S/C17H17FN2O6S/c1-17(7-25-8-17)9-26-11-3-2-10-4-13(21)16(15(18)12(10)5-11)20-6-14(22)19-27(20,23)24/h2-5,21H,6-9H2,1H3,(H,19,22). The number of hydrogen-bond donors (Lipinski definition) is 2. The summed E-state index contributed by atoms with van der Waals surface area (Å²) in [7, 11) is -4.25. The Hall–Kier alpha value is -2.59. The maximum atomic E-state index is 15.1. The van der Waals surface area contributed by atoms with Gasteiger partial charge in [0, 0.05) is 10.8 Å². The van der Waals surface area contributed by atoms with E-state index in [1.54, 1.807) is 16.9 Å². The van der Waals surface area contributed by atoms with Crippen LogP contribution in [0.3, 0.4) is 0 Å².